The van der Waals surface area contributed by atoms with Gasteiger partial charge in [-0.3, -0.25) is 0 Å². The molecule has 1 N–H and O–H groups in total. The summed E-state index contributed by atoms with van der Waals surface area (Å²) in [5, 5.41) is 3.29. The molecule has 0 aromatic carbocycles. The summed E-state index contributed by atoms with van der Waals surface area (Å²) in [7, 11) is 1.79. The van der Waals surface area contributed by atoms with Crippen LogP contribution in [0.25, 0.3) is 0 Å². The van der Waals surface area contributed by atoms with Gasteiger partial charge in [-0.15, -0.1) is 0 Å². The van der Waals surface area contributed by atoms with Crippen LogP contribution in [0.15, 0.2) is 0 Å². The maximum atomic E-state index is 5.24. The highest BCUT2D eigenvalue weighted by Gasteiger charge is 2.19. The maximum absolute atomic E-state index is 5.24. The van der Waals surface area contributed by atoms with Crippen molar-refractivity contribution in [2.45, 2.75) is 19.4 Å². The Labute approximate surface area is 56.6 Å². The van der Waals surface area contributed by atoms with Gasteiger partial charge in [0.2, 0.25) is 0 Å². The lowest BCUT2D eigenvalue weighted by Gasteiger charge is -2.27. The number of methoxy groups -OCH3 is 1. The molecule has 2 atom stereocenters. The first-order valence-corrected chi connectivity index (χ1v) is 3.58. The molecule has 0 amide bonds. The van der Waals surface area contributed by atoms with Crippen LogP contribution < -0.4 is 5.32 Å². The van der Waals surface area contributed by atoms with E-state index in [-0.39, 0.29) is 0 Å². The average molecular weight is 129 g/mol. The van der Waals surface area contributed by atoms with Crippen LogP contribution in [0, 0.1) is 5.92 Å². The fraction of sp³-hybridized carbons (Fsp3) is 1.00. The number of ether oxygens (including phenoxy) is 1. The summed E-state index contributed by atoms with van der Waals surface area (Å²) in [6, 6.07) is 0. The van der Waals surface area contributed by atoms with Gasteiger partial charge in [0.05, 0.1) is 6.10 Å². The van der Waals surface area contributed by atoms with Crippen LogP contribution in [0.4, 0.5) is 0 Å². The van der Waals surface area contributed by atoms with Crippen LogP contribution in [0.5, 0.6) is 0 Å². The highest BCUT2D eigenvalue weighted by molar-refractivity contribution is 4.74. The van der Waals surface area contributed by atoms with Crippen LogP contribution in [0.3, 0.4) is 0 Å². The molecule has 0 aliphatic carbocycles. The van der Waals surface area contributed by atoms with Gasteiger partial charge in [-0.25, -0.2) is 0 Å². The molecule has 54 valence electrons. The summed E-state index contributed by atoms with van der Waals surface area (Å²) in [5.74, 6) is 0.733. The van der Waals surface area contributed by atoms with Crippen LogP contribution in [0.2, 0.25) is 0 Å². The molecule has 2 nitrogen and oxygen atoms in total. The van der Waals surface area contributed by atoms with Crippen molar-refractivity contribution in [1.29, 1.82) is 0 Å². The number of piperidine rings is 1. The van der Waals surface area contributed by atoms with Crippen molar-refractivity contribution < 1.29 is 4.74 Å². The molecule has 0 radical (unpaired) electrons. The first-order chi connectivity index (χ1) is 4.34. The summed E-state index contributed by atoms with van der Waals surface area (Å²) in [5.41, 5.74) is 0. The molecule has 1 saturated heterocycles. The van der Waals surface area contributed by atoms with E-state index in [2.05, 4.69) is 12.2 Å². The first-order valence-electron chi connectivity index (χ1n) is 3.58. The lowest BCUT2D eigenvalue weighted by molar-refractivity contribution is 0.0413. The smallest absolute Gasteiger partial charge is 0.0721 e. The van der Waals surface area contributed by atoms with Gasteiger partial charge in [0, 0.05) is 13.7 Å². The van der Waals surface area contributed by atoms with Crippen LogP contribution in [-0.4, -0.2) is 26.3 Å². The van der Waals surface area contributed by atoms with Gasteiger partial charge in [0.15, 0.2) is 0 Å². The van der Waals surface area contributed by atoms with Gasteiger partial charge in [0.25, 0.3) is 0 Å². The molecule has 0 saturated carbocycles. The Kier molecular flexibility index (Phi) is 2.49. The van der Waals surface area contributed by atoms with Crippen molar-refractivity contribution in [3.63, 3.8) is 0 Å². The van der Waals surface area contributed by atoms with Crippen molar-refractivity contribution in [3.8, 4) is 0 Å². The number of hydrogen-bond donors (Lipinski definition) is 1. The van der Waals surface area contributed by atoms with E-state index < -0.39 is 0 Å². The quantitative estimate of drug-likeness (QED) is 0.560. The van der Waals surface area contributed by atoms with E-state index in [9.17, 15) is 0 Å². The van der Waals surface area contributed by atoms with Crippen LogP contribution >= 0.6 is 0 Å². The minimum absolute atomic E-state index is 0.443. The molecule has 0 bridgehead atoms. The predicted molar refractivity (Wildman–Crippen MR) is 37.4 cm³/mol. The lowest BCUT2D eigenvalue weighted by Crippen LogP contribution is -2.40. The summed E-state index contributed by atoms with van der Waals surface area (Å²) in [6.07, 6.45) is 1.69. The third-order valence-corrected chi connectivity index (χ3v) is 2.06. The van der Waals surface area contributed by atoms with Crippen LogP contribution in [0.1, 0.15) is 13.3 Å². The molecule has 0 spiro atoms. The normalized spacial score (nSPS) is 36.7. The molecule has 0 unspecified atom stereocenters. The fourth-order valence-electron chi connectivity index (χ4n) is 1.28. The van der Waals surface area contributed by atoms with E-state index in [1.165, 1.54) is 6.42 Å². The molecule has 1 aliphatic rings. The SMILES string of the molecule is CO[C@H]1CNCC[C@@H]1C. The highest BCUT2D eigenvalue weighted by Crippen LogP contribution is 2.12. The second-order valence-corrected chi connectivity index (χ2v) is 2.74. The van der Waals surface area contributed by atoms with Gasteiger partial charge in [-0.05, 0) is 18.9 Å². The molecular weight excluding hydrogens is 114 g/mol. The van der Waals surface area contributed by atoms with E-state index in [0.717, 1.165) is 19.0 Å². The zero-order valence-corrected chi connectivity index (χ0v) is 6.18. The monoisotopic (exact) mass is 129 g/mol. The molecule has 1 fully saturated rings. The van der Waals surface area contributed by atoms with Crippen molar-refractivity contribution in [1.82, 2.24) is 5.32 Å². The standard InChI is InChI=1S/C7H15NO/c1-6-3-4-8-5-7(6)9-2/h6-8H,3-5H2,1-2H3/t6-,7-/m0/s1. The van der Waals surface area contributed by atoms with Gasteiger partial charge >= 0.3 is 0 Å². The highest BCUT2D eigenvalue weighted by atomic mass is 16.5. The molecule has 1 aliphatic heterocycles. The third-order valence-electron chi connectivity index (χ3n) is 2.06. The molecule has 1 rings (SSSR count). The van der Waals surface area contributed by atoms with E-state index >= 15 is 0 Å². The second kappa shape index (κ2) is 3.18. The topological polar surface area (TPSA) is 21.3 Å². The number of rotatable bonds is 1. The Morgan fingerprint density at radius 3 is 2.78 bits per heavy atom. The first kappa shape index (κ1) is 7.03. The Hall–Kier alpha value is -0.0800. The summed E-state index contributed by atoms with van der Waals surface area (Å²) >= 11 is 0. The Morgan fingerprint density at radius 1 is 1.56 bits per heavy atom. The number of hydrogen-bond acceptors (Lipinski definition) is 2. The van der Waals surface area contributed by atoms with E-state index in [0.29, 0.717) is 6.10 Å². The molecule has 9 heavy (non-hydrogen) atoms. The zero-order chi connectivity index (χ0) is 6.69. The number of nitrogens with one attached hydrogen (secondary N) is 1. The molecule has 0 aromatic heterocycles. The van der Waals surface area contributed by atoms with Gasteiger partial charge < -0.3 is 10.1 Å². The summed E-state index contributed by atoms with van der Waals surface area (Å²) in [6.45, 7) is 4.42. The minimum Gasteiger partial charge on any atom is -0.380 e. The Bertz CT molecular complexity index is 85.0. The van der Waals surface area contributed by atoms with Gasteiger partial charge in [0.1, 0.15) is 0 Å². The Balaban J connectivity index is 2.30. The van der Waals surface area contributed by atoms with Gasteiger partial charge in [-0.2, -0.15) is 0 Å². The minimum atomic E-state index is 0.443. The summed E-state index contributed by atoms with van der Waals surface area (Å²) < 4.78 is 5.24. The van der Waals surface area contributed by atoms with E-state index in [1.54, 1.807) is 7.11 Å². The largest absolute Gasteiger partial charge is 0.380 e. The third kappa shape index (κ3) is 1.66. The van der Waals surface area contributed by atoms with E-state index in [4.69, 9.17) is 4.74 Å². The average Bonchev–Trinajstić information content (AvgIpc) is 1.89. The van der Waals surface area contributed by atoms with Crippen molar-refractivity contribution in [3.05, 3.63) is 0 Å². The van der Waals surface area contributed by atoms with Crippen LogP contribution in [-0.2, 0) is 4.74 Å². The molecule has 1 heterocycles. The molecule has 0 aromatic rings. The van der Waals surface area contributed by atoms with Gasteiger partial charge in [-0.1, -0.05) is 6.92 Å². The summed E-state index contributed by atoms with van der Waals surface area (Å²) in [4.78, 5) is 0. The second-order valence-electron chi connectivity index (χ2n) is 2.74. The van der Waals surface area contributed by atoms with Crippen molar-refractivity contribution >= 4 is 0 Å². The zero-order valence-electron chi connectivity index (χ0n) is 6.18. The Morgan fingerprint density at radius 2 is 2.33 bits per heavy atom. The fourth-order valence-corrected chi connectivity index (χ4v) is 1.28. The maximum Gasteiger partial charge on any atom is 0.0721 e. The molecular formula is C7H15NO. The van der Waals surface area contributed by atoms with Crippen molar-refractivity contribution in [2.75, 3.05) is 20.2 Å². The predicted octanol–water partition coefficient (Wildman–Crippen LogP) is 0.631. The van der Waals surface area contributed by atoms with Crippen molar-refractivity contribution in [2.24, 2.45) is 5.92 Å². The van der Waals surface area contributed by atoms with E-state index in [1.807, 2.05) is 0 Å². The molecule has 2 heteroatoms. The lowest BCUT2D eigenvalue weighted by atomic mass is 9.97.